The molecule has 2 atom stereocenters. The van der Waals surface area contributed by atoms with E-state index in [-0.39, 0.29) is 38.6 Å². The summed E-state index contributed by atoms with van der Waals surface area (Å²) >= 11 is 0. The summed E-state index contributed by atoms with van der Waals surface area (Å²) in [6.07, 6.45) is 98.3. The zero-order valence-corrected chi connectivity index (χ0v) is 55.4. The molecule has 0 spiro atoms. The fraction of sp³-hybridized carbons (Fsp3) is 0.680. The molecule has 0 heterocycles. The van der Waals surface area contributed by atoms with Crippen molar-refractivity contribution in [2.24, 2.45) is 5.73 Å². The Morgan fingerprint density at radius 2 is 0.612 bits per heavy atom. The van der Waals surface area contributed by atoms with Gasteiger partial charge in [-0.15, -0.1) is 0 Å². The lowest BCUT2D eigenvalue weighted by Gasteiger charge is -2.19. The van der Waals surface area contributed by atoms with Crippen molar-refractivity contribution >= 4 is 19.8 Å². The van der Waals surface area contributed by atoms with E-state index in [9.17, 15) is 19.0 Å². The molecule has 0 aromatic rings. The van der Waals surface area contributed by atoms with Crippen molar-refractivity contribution in [1.29, 1.82) is 0 Å². The molecule has 0 fully saturated rings. The van der Waals surface area contributed by atoms with Gasteiger partial charge < -0.3 is 20.1 Å². The second kappa shape index (κ2) is 69.3. The average molecular weight is 1200 g/mol. The van der Waals surface area contributed by atoms with Gasteiger partial charge in [0.05, 0.1) is 13.2 Å². The van der Waals surface area contributed by atoms with Crippen LogP contribution in [-0.2, 0) is 32.7 Å². The predicted octanol–water partition coefficient (Wildman–Crippen LogP) is 22.9. The first kappa shape index (κ1) is 81.2. The number of hydrogen-bond donors (Lipinski definition) is 2. The zero-order valence-electron chi connectivity index (χ0n) is 54.5. The Kier molecular flexibility index (Phi) is 66.1. The van der Waals surface area contributed by atoms with E-state index in [1.165, 1.54) is 141 Å². The highest BCUT2D eigenvalue weighted by molar-refractivity contribution is 7.47. The molecule has 9 nitrogen and oxygen atoms in total. The van der Waals surface area contributed by atoms with E-state index < -0.39 is 26.5 Å². The maximum Gasteiger partial charge on any atom is 0.472 e. The van der Waals surface area contributed by atoms with Crippen LogP contribution in [-0.4, -0.2) is 49.3 Å². The van der Waals surface area contributed by atoms with E-state index in [0.29, 0.717) is 6.42 Å². The topological polar surface area (TPSA) is 134 Å². The van der Waals surface area contributed by atoms with Crippen LogP contribution in [0, 0.1) is 0 Å². The molecule has 486 valence electrons. The monoisotopic (exact) mass is 1200 g/mol. The van der Waals surface area contributed by atoms with Crippen molar-refractivity contribution < 1.29 is 37.6 Å². The molecule has 85 heavy (non-hydrogen) atoms. The van der Waals surface area contributed by atoms with Gasteiger partial charge in [-0.2, -0.15) is 0 Å². The van der Waals surface area contributed by atoms with Crippen molar-refractivity contribution in [3.63, 3.8) is 0 Å². The molecule has 0 aromatic carbocycles. The van der Waals surface area contributed by atoms with Gasteiger partial charge in [0.1, 0.15) is 6.61 Å². The average Bonchev–Trinajstić information content (AvgIpc) is 3.52. The molecule has 0 saturated carbocycles. The number of esters is 2. The molecule has 10 heteroatoms. The number of allylic oxidation sites excluding steroid dienone is 22. The van der Waals surface area contributed by atoms with Crippen LogP contribution in [0.3, 0.4) is 0 Å². The lowest BCUT2D eigenvalue weighted by atomic mass is 10.0. The normalized spacial score (nSPS) is 13.8. The van der Waals surface area contributed by atoms with Gasteiger partial charge in [-0.25, -0.2) is 4.57 Å². The van der Waals surface area contributed by atoms with E-state index >= 15 is 0 Å². The quantitative estimate of drug-likeness (QED) is 0.0264. The predicted molar refractivity (Wildman–Crippen MR) is 367 cm³/mol. The highest BCUT2D eigenvalue weighted by atomic mass is 31.2. The Hall–Kier alpha value is -3.85. The molecular formula is C75H128NO8P. The van der Waals surface area contributed by atoms with E-state index in [1.54, 1.807) is 0 Å². The van der Waals surface area contributed by atoms with Crippen LogP contribution in [0.15, 0.2) is 134 Å². The van der Waals surface area contributed by atoms with Crippen molar-refractivity contribution in [3.05, 3.63) is 134 Å². The van der Waals surface area contributed by atoms with Crippen LogP contribution in [0.2, 0.25) is 0 Å². The number of rotatable bonds is 64. The largest absolute Gasteiger partial charge is 0.472 e. The molecule has 3 N–H and O–H groups in total. The molecule has 0 aliphatic rings. The lowest BCUT2D eigenvalue weighted by molar-refractivity contribution is -0.161. The van der Waals surface area contributed by atoms with Gasteiger partial charge in [0.2, 0.25) is 0 Å². The van der Waals surface area contributed by atoms with Gasteiger partial charge in [-0.05, 0) is 109 Å². The minimum absolute atomic E-state index is 0.0490. The van der Waals surface area contributed by atoms with Gasteiger partial charge in [-0.1, -0.05) is 308 Å². The Morgan fingerprint density at radius 3 is 0.906 bits per heavy atom. The van der Waals surface area contributed by atoms with Gasteiger partial charge in [0, 0.05) is 19.4 Å². The maximum atomic E-state index is 12.8. The Bertz CT molecular complexity index is 1860. The minimum Gasteiger partial charge on any atom is -0.462 e. The summed E-state index contributed by atoms with van der Waals surface area (Å²) in [7, 11) is -4.40. The van der Waals surface area contributed by atoms with Crippen LogP contribution in [0.4, 0.5) is 0 Å². The SMILES string of the molecule is CC/C=C\C/C=C\C/C=C\C/C=C\C/C=C\C/C=C\C/C=C\CCCCCCCCCCCCCCCCCCCCCC(=O)OC(COC(=O)CCCCCCCCCCCC/C=C\C/C=C\C/C=C\C/C=C\CC)COP(=O)(O)OCCN. The number of carbonyl (C=O) groups is 2. The first-order valence-electron chi connectivity index (χ1n) is 34.7. The number of phosphoric ester groups is 1. The highest BCUT2D eigenvalue weighted by Crippen LogP contribution is 2.43. The van der Waals surface area contributed by atoms with Crippen LogP contribution in [0.5, 0.6) is 0 Å². The summed E-state index contributed by atoms with van der Waals surface area (Å²) in [5.41, 5.74) is 5.40. The number of hydrogen-bond acceptors (Lipinski definition) is 8. The smallest absolute Gasteiger partial charge is 0.462 e. The van der Waals surface area contributed by atoms with Crippen molar-refractivity contribution in [2.45, 2.75) is 302 Å². The fourth-order valence-electron chi connectivity index (χ4n) is 9.49. The van der Waals surface area contributed by atoms with E-state index in [0.717, 1.165) is 122 Å². The molecule has 0 radical (unpaired) electrons. The van der Waals surface area contributed by atoms with Gasteiger partial charge in [-0.3, -0.25) is 18.6 Å². The molecule has 0 rings (SSSR count). The number of ether oxygens (including phenoxy) is 2. The Labute approximate surface area is 523 Å². The van der Waals surface area contributed by atoms with Gasteiger partial charge >= 0.3 is 19.8 Å². The molecule has 0 bridgehead atoms. The minimum atomic E-state index is -4.40. The van der Waals surface area contributed by atoms with Crippen LogP contribution in [0.1, 0.15) is 296 Å². The van der Waals surface area contributed by atoms with E-state index in [4.69, 9.17) is 24.3 Å². The summed E-state index contributed by atoms with van der Waals surface area (Å²) < 4.78 is 33.2. The standard InChI is InChI=1S/C75H128NO8P/c1-3-5-7-9-11-13-15-17-19-21-23-25-27-28-29-30-31-32-33-34-35-36-37-38-39-40-41-42-43-44-46-48-50-52-54-56-58-60-62-64-66-68-75(78)84-73(72-83-85(79,80)82-70-69-76)71-81-74(77)67-65-63-61-59-57-55-53-51-49-47-45-26-24-22-20-18-16-14-12-10-8-6-4-2/h5-8,11-14,17-20,23-26,28-29,31-32,34-35,73H,3-4,9-10,15-16,21-22,27,30,33,36-72,76H2,1-2H3,(H,79,80)/b7-5-,8-6-,13-11-,14-12-,19-17-,20-18-,25-23-,26-24-,29-28-,32-31-,35-34-. The molecule has 0 amide bonds. The van der Waals surface area contributed by atoms with Crippen LogP contribution < -0.4 is 5.73 Å². The summed E-state index contributed by atoms with van der Waals surface area (Å²) in [6, 6.07) is 0. The number of nitrogens with two attached hydrogens (primary N) is 1. The van der Waals surface area contributed by atoms with Crippen molar-refractivity contribution in [3.8, 4) is 0 Å². The number of phosphoric acid groups is 1. The third kappa shape index (κ3) is 69.1. The molecule has 0 aliphatic carbocycles. The second-order valence-corrected chi connectivity index (χ2v) is 24.1. The summed E-state index contributed by atoms with van der Waals surface area (Å²) in [5.74, 6) is -0.829. The van der Waals surface area contributed by atoms with Gasteiger partial charge in [0.15, 0.2) is 6.10 Å². The highest BCUT2D eigenvalue weighted by Gasteiger charge is 2.26. The van der Waals surface area contributed by atoms with Crippen molar-refractivity contribution in [1.82, 2.24) is 0 Å². The zero-order chi connectivity index (χ0) is 61.6. The molecular weight excluding hydrogens is 1070 g/mol. The van der Waals surface area contributed by atoms with Crippen molar-refractivity contribution in [2.75, 3.05) is 26.4 Å². The molecule has 0 aromatic heterocycles. The summed E-state index contributed by atoms with van der Waals surface area (Å²) in [6.45, 7) is 3.53. The third-order valence-corrected chi connectivity index (χ3v) is 15.5. The van der Waals surface area contributed by atoms with Crippen LogP contribution in [0.25, 0.3) is 0 Å². The lowest BCUT2D eigenvalue weighted by Crippen LogP contribution is -2.29. The van der Waals surface area contributed by atoms with E-state index in [1.807, 2.05) is 0 Å². The first-order valence-corrected chi connectivity index (χ1v) is 36.2. The molecule has 0 saturated heterocycles. The Morgan fingerprint density at radius 1 is 0.353 bits per heavy atom. The summed E-state index contributed by atoms with van der Waals surface area (Å²) in [5, 5.41) is 0. The van der Waals surface area contributed by atoms with E-state index in [2.05, 4.69) is 148 Å². The summed E-state index contributed by atoms with van der Waals surface area (Å²) in [4.78, 5) is 35.3. The molecule has 0 aliphatic heterocycles. The third-order valence-electron chi connectivity index (χ3n) is 14.5. The van der Waals surface area contributed by atoms with Gasteiger partial charge in [0.25, 0.3) is 0 Å². The maximum absolute atomic E-state index is 12.8. The van der Waals surface area contributed by atoms with Crippen LogP contribution >= 0.6 is 7.82 Å². The number of unbranched alkanes of at least 4 members (excludes halogenated alkanes) is 29. The number of carbonyl (C=O) groups excluding carboxylic acids is 2. The first-order chi connectivity index (χ1) is 41.8. The Balaban J connectivity index is 3.86. The second-order valence-electron chi connectivity index (χ2n) is 22.6. The molecule has 2 unspecified atom stereocenters. The fourth-order valence-corrected chi connectivity index (χ4v) is 10.3.